The summed E-state index contributed by atoms with van der Waals surface area (Å²) in [4.78, 5) is 12.2. The molecule has 0 saturated carbocycles. The molecule has 1 saturated heterocycles. The van der Waals surface area contributed by atoms with E-state index in [-0.39, 0.29) is 30.3 Å². The van der Waals surface area contributed by atoms with E-state index < -0.39 is 28.5 Å². The minimum atomic E-state index is -3.80. The Labute approximate surface area is 166 Å². The van der Waals surface area contributed by atoms with Gasteiger partial charge in [-0.05, 0) is 35.9 Å². The third-order valence-corrected chi connectivity index (χ3v) is 6.42. The summed E-state index contributed by atoms with van der Waals surface area (Å²) in [6.45, 7) is 0.167. The molecule has 0 aliphatic carbocycles. The van der Waals surface area contributed by atoms with Gasteiger partial charge in [-0.1, -0.05) is 35.3 Å². The fraction of sp³-hybridized carbons (Fsp3) is 0.235. The van der Waals surface area contributed by atoms with Crippen molar-refractivity contribution in [2.75, 3.05) is 25.0 Å². The van der Waals surface area contributed by atoms with Gasteiger partial charge in [-0.3, -0.25) is 4.79 Å². The summed E-state index contributed by atoms with van der Waals surface area (Å²) in [6, 6.07) is 10.7. The van der Waals surface area contributed by atoms with Gasteiger partial charge in [0.2, 0.25) is 5.91 Å². The summed E-state index contributed by atoms with van der Waals surface area (Å²) < 4.78 is 41.4. The highest BCUT2D eigenvalue weighted by Gasteiger charge is 2.37. The molecule has 27 heavy (non-hydrogen) atoms. The number of hydrogen-bond acceptors (Lipinski definition) is 3. The summed E-state index contributed by atoms with van der Waals surface area (Å²) in [5, 5.41) is 3.08. The highest BCUT2D eigenvalue weighted by molar-refractivity contribution is 7.87. The molecule has 0 unspecified atom stereocenters. The number of halogens is 3. The number of nitrogens with zero attached hydrogens (tertiary/aromatic N) is 2. The Balaban J connectivity index is 1.64. The minimum Gasteiger partial charge on any atom is -0.322 e. The fourth-order valence-corrected chi connectivity index (χ4v) is 4.63. The van der Waals surface area contributed by atoms with Crippen LogP contribution in [0, 0.1) is 5.82 Å². The Morgan fingerprint density at radius 2 is 1.78 bits per heavy atom. The number of amides is 1. The maximum absolute atomic E-state index is 13.8. The maximum Gasteiger partial charge on any atom is 0.282 e. The molecule has 2 aromatic carbocycles. The zero-order valence-corrected chi connectivity index (χ0v) is 16.4. The summed E-state index contributed by atoms with van der Waals surface area (Å²) in [5.74, 6) is -1.33. The standard InChI is InChI=1S/C17H16Cl2FN3O3S/c18-13-3-1-2-12(8-13)10-22-6-7-23(27(22,25)26)11-17(24)21-16-5-4-14(19)9-15(16)20/h1-5,8-9H,6-7,10-11H2,(H,21,24). The van der Waals surface area contributed by atoms with Crippen LogP contribution in [0.4, 0.5) is 10.1 Å². The van der Waals surface area contributed by atoms with Gasteiger partial charge in [0.15, 0.2) is 0 Å². The lowest BCUT2D eigenvalue weighted by molar-refractivity contribution is -0.116. The van der Waals surface area contributed by atoms with E-state index in [9.17, 15) is 17.6 Å². The van der Waals surface area contributed by atoms with Gasteiger partial charge in [0.25, 0.3) is 10.2 Å². The first-order chi connectivity index (χ1) is 12.8. The molecule has 0 aromatic heterocycles. The van der Waals surface area contributed by atoms with Gasteiger partial charge in [-0.25, -0.2) is 4.39 Å². The van der Waals surface area contributed by atoms with E-state index in [0.717, 1.165) is 15.9 Å². The SMILES string of the molecule is O=C(CN1CCN(Cc2cccc(Cl)c2)S1(=O)=O)Nc1ccc(Cl)cc1F. The Hall–Kier alpha value is -1.71. The molecular formula is C17H16Cl2FN3O3S. The second-order valence-electron chi connectivity index (χ2n) is 5.98. The Bertz CT molecular complexity index is 972. The van der Waals surface area contributed by atoms with Crippen LogP contribution in [-0.2, 0) is 21.5 Å². The van der Waals surface area contributed by atoms with E-state index in [0.29, 0.717) is 5.02 Å². The van der Waals surface area contributed by atoms with Crippen molar-refractivity contribution in [3.63, 3.8) is 0 Å². The maximum atomic E-state index is 13.8. The van der Waals surface area contributed by atoms with Crippen molar-refractivity contribution in [3.8, 4) is 0 Å². The molecule has 0 radical (unpaired) electrons. The van der Waals surface area contributed by atoms with E-state index in [4.69, 9.17) is 23.2 Å². The van der Waals surface area contributed by atoms with Crippen LogP contribution in [0.25, 0.3) is 0 Å². The molecule has 0 bridgehead atoms. The topological polar surface area (TPSA) is 69.7 Å². The van der Waals surface area contributed by atoms with E-state index in [1.807, 2.05) is 0 Å². The molecule has 1 aliphatic heterocycles. The lowest BCUT2D eigenvalue weighted by Gasteiger charge is -2.18. The Morgan fingerprint density at radius 1 is 1.07 bits per heavy atom. The quantitative estimate of drug-likeness (QED) is 0.790. The average Bonchev–Trinajstić information content (AvgIpc) is 2.85. The number of nitrogens with one attached hydrogen (secondary N) is 1. The normalized spacial score (nSPS) is 17.1. The van der Waals surface area contributed by atoms with Crippen LogP contribution >= 0.6 is 23.2 Å². The summed E-state index contributed by atoms with van der Waals surface area (Å²) >= 11 is 11.6. The van der Waals surface area contributed by atoms with Gasteiger partial charge in [0.05, 0.1) is 12.2 Å². The molecule has 2 aromatic rings. The zero-order valence-electron chi connectivity index (χ0n) is 14.0. The summed E-state index contributed by atoms with van der Waals surface area (Å²) in [5.41, 5.74) is 0.692. The van der Waals surface area contributed by atoms with Crippen LogP contribution in [0.3, 0.4) is 0 Å². The summed E-state index contributed by atoms with van der Waals surface area (Å²) in [7, 11) is -3.80. The van der Waals surface area contributed by atoms with Gasteiger partial charge in [-0.2, -0.15) is 17.0 Å². The van der Waals surface area contributed by atoms with Gasteiger partial charge in [-0.15, -0.1) is 0 Å². The molecule has 1 amide bonds. The van der Waals surface area contributed by atoms with Crippen LogP contribution in [-0.4, -0.2) is 42.6 Å². The largest absolute Gasteiger partial charge is 0.322 e. The molecule has 10 heteroatoms. The van der Waals surface area contributed by atoms with Crippen LogP contribution in [0.1, 0.15) is 5.56 Å². The minimum absolute atomic E-state index is 0.0585. The van der Waals surface area contributed by atoms with Crippen molar-refractivity contribution in [1.29, 1.82) is 0 Å². The van der Waals surface area contributed by atoms with E-state index in [2.05, 4.69) is 5.32 Å². The predicted molar refractivity (Wildman–Crippen MR) is 102 cm³/mol. The molecule has 1 N–H and O–H groups in total. The van der Waals surface area contributed by atoms with Crippen LogP contribution in [0.2, 0.25) is 10.0 Å². The molecule has 0 atom stereocenters. The highest BCUT2D eigenvalue weighted by Crippen LogP contribution is 2.22. The Kier molecular flexibility index (Phi) is 6.02. The van der Waals surface area contributed by atoms with Crippen molar-refractivity contribution < 1.29 is 17.6 Å². The van der Waals surface area contributed by atoms with Gasteiger partial charge < -0.3 is 5.32 Å². The predicted octanol–water partition coefficient (Wildman–Crippen LogP) is 3.13. The lowest BCUT2D eigenvalue weighted by Crippen LogP contribution is -2.38. The number of rotatable bonds is 5. The third-order valence-electron chi connectivity index (χ3n) is 4.02. The fourth-order valence-electron chi connectivity index (χ4n) is 2.72. The van der Waals surface area contributed by atoms with Gasteiger partial charge in [0, 0.05) is 29.7 Å². The molecule has 0 spiro atoms. The summed E-state index contributed by atoms with van der Waals surface area (Å²) in [6.07, 6.45) is 0. The Morgan fingerprint density at radius 3 is 2.48 bits per heavy atom. The van der Waals surface area contributed by atoms with Crippen molar-refractivity contribution in [1.82, 2.24) is 8.61 Å². The van der Waals surface area contributed by atoms with Crippen LogP contribution in [0.5, 0.6) is 0 Å². The highest BCUT2D eigenvalue weighted by atomic mass is 35.5. The first kappa shape index (κ1) is 20.0. The van der Waals surface area contributed by atoms with Gasteiger partial charge in [0.1, 0.15) is 5.82 Å². The zero-order chi connectivity index (χ0) is 19.6. The first-order valence-corrected chi connectivity index (χ1v) is 10.2. The molecule has 1 fully saturated rings. The van der Waals surface area contributed by atoms with E-state index in [1.54, 1.807) is 24.3 Å². The second kappa shape index (κ2) is 8.12. The first-order valence-electron chi connectivity index (χ1n) is 8.00. The molecule has 144 valence electrons. The van der Waals surface area contributed by atoms with E-state index in [1.165, 1.54) is 16.4 Å². The number of benzene rings is 2. The molecule has 1 aliphatic rings. The molecular weight excluding hydrogens is 416 g/mol. The smallest absolute Gasteiger partial charge is 0.282 e. The number of anilines is 1. The second-order valence-corrected chi connectivity index (χ2v) is 8.78. The molecule has 6 nitrogen and oxygen atoms in total. The van der Waals surface area contributed by atoms with Crippen molar-refractivity contribution in [2.45, 2.75) is 6.54 Å². The average molecular weight is 432 g/mol. The number of carbonyl (C=O) groups is 1. The monoisotopic (exact) mass is 431 g/mol. The van der Waals surface area contributed by atoms with Crippen LogP contribution in [0.15, 0.2) is 42.5 Å². The van der Waals surface area contributed by atoms with Crippen molar-refractivity contribution >= 4 is 45.0 Å². The lowest BCUT2D eigenvalue weighted by atomic mass is 10.2. The van der Waals surface area contributed by atoms with Crippen molar-refractivity contribution in [2.24, 2.45) is 0 Å². The van der Waals surface area contributed by atoms with E-state index >= 15 is 0 Å². The molecule has 3 rings (SSSR count). The molecule has 1 heterocycles. The number of hydrogen-bond donors (Lipinski definition) is 1. The van der Waals surface area contributed by atoms with Crippen LogP contribution < -0.4 is 5.32 Å². The third kappa shape index (κ3) is 4.77. The van der Waals surface area contributed by atoms with Gasteiger partial charge >= 0.3 is 0 Å². The number of carbonyl (C=O) groups excluding carboxylic acids is 1. The van der Waals surface area contributed by atoms with Crippen molar-refractivity contribution in [3.05, 3.63) is 63.9 Å².